The SMILES string of the molecule is CCCCOCCOCCOCCN(C)C(C)(C)CN. The summed E-state index contributed by atoms with van der Waals surface area (Å²) in [5.74, 6) is 0. The first-order chi connectivity index (χ1) is 9.54. The van der Waals surface area contributed by atoms with E-state index in [1.807, 2.05) is 0 Å². The average Bonchev–Trinajstić information content (AvgIpc) is 2.44. The van der Waals surface area contributed by atoms with Crippen molar-refractivity contribution >= 4 is 0 Å². The van der Waals surface area contributed by atoms with E-state index in [0.717, 1.165) is 19.6 Å². The molecule has 0 atom stereocenters. The normalized spacial score (nSPS) is 12.3. The Morgan fingerprint density at radius 2 is 1.40 bits per heavy atom. The van der Waals surface area contributed by atoms with Crippen LogP contribution in [0.1, 0.15) is 33.6 Å². The van der Waals surface area contributed by atoms with Crippen molar-refractivity contribution in [3.63, 3.8) is 0 Å². The molecule has 0 spiro atoms. The number of rotatable bonds is 14. The van der Waals surface area contributed by atoms with Gasteiger partial charge in [0.05, 0.1) is 33.0 Å². The van der Waals surface area contributed by atoms with Gasteiger partial charge in [-0.1, -0.05) is 13.3 Å². The largest absolute Gasteiger partial charge is 0.379 e. The van der Waals surface area contributed by atoms with Gasteiger partial charge in [-0.3, -0.25) is 4.90 Å². The van der Waals surface area contributed by atoms with Gasteiger partial charge in [0, 0.05) is 25.2 Å². The monoisotopic (exact) mass is 290 g/mol. The number of hydrogen-bond donors (Lipinski definition) is 1. The van der Waals surface area contributed by atoms with E-state index >= 15 is 0 Å². The maximum Gasteiger partial charge on any atom is 0.0701 e. The summed E-state index contributed by atoms with van der Waals surface area (Å²) in [6.45, 7) is 12.1. The van der Waals surface area contributed by atoms with E-state index in [2.05, 4.69) is 32.7 Å². The van der Waals surface area contributed by atoms with E-state index in [9.17, 15) is 0 Å². The molecule has 20 heavy (non-hydrogen) atoms. The lowest BCUT2D eigenvalue weighted by atomic mass is 10.0. The summed E-state index contributed by atoms with van der Waals surface area (Å²) in [4.78, 5) is 2.22. The van der Waals surface area contributed by atoms with Crippen LogP contribution in [0.15, 0.2) is 0 Å². The van der Waals surface area contributed by atoms with Crippen molar-refractivity contribution in [1.82, 2.24) is 4.90 Å². The summed E-state index contributed by atoms with van der Waals surface area (Å²) in [6, 6.07) is 0. The van der Waals surface area contributed by atoms with Gasteiger partial charge in [0.15, 0.2) is 0 Å². The van der Waals surface area contributed by atoms with Gasteiger partial charge in [-0.2, -0.15) is 0 Å². The van der Waals surface area contributed by atoms with Gasteiger partial charge < -0.3 is 19.9 Å². The fourth-order valence-corrected chi connectivity index (χ4v) is 1.45. The Kier molecular flexibility index (Phi) is 12.4. The standard InChI is InChI=1S/C15H34N2O3/c1-5-6-8-18-10-12-20-13-11-19-9-7-17(4)15(2,3)14-16/h5-14,16H2,1-4H3. The van der Waals surface area contributed by atoms with Gasteiger partial charge >= 0.3 is 0 Å². The molecule has 0 saturated heterocycles. The zero-order valence-corrected chi connectivity index (χ0v) is 13.8. The molecule has 122 valence electrons. The highest BCUT2D eigenvalue weighted by Crippen LogP contribution is 2.08. The van der Waals surface area contributed by atoms with Crippen LogP contribution in [0, 0.1) is 0 Å². The van der Waals surface area contributed by atoms with Crippen LogP contribution in [-0.4, -0.2) is 70.2 Å². The first kappa shape index (κ1) is 19.8. The molecule has 5 nitrogen and oxygen atoms in total. The molecule has 5 heteroatoms. The predicted molar refractivity (Wildman–Crippen MR) is 83.1 cm³/mol. The minimum Gasteiger partial charge on any atom is -0.379 e. The Balaban J connectivity index is 3.25. The van der Waals surface area contributed by atoms with Gasteiger partial charge in [-0.15, -0.1) is 0 Å². The lowest BCUT2D eigenvalue weighted by Crippen LogP contribution is -2.48. The van der Waals surface area contributed by atoms with Crippen molar-refractivity contribution in [3.05, 3.63) is 0 Å². The lowest BCUT2D eigenvalue weighted by Gasteiger charge is -2.34. The molecule has 0 heterocycles. The predicted octanol–water partition coefficient (Wildman–Crippen LogP) is 1.51. The fraction of sp³-hybridized carbons (Fsp3) is 1.00. The minimum atomic E-state index is 0.0235. The van der Waals surface area contributed by atoms with E-state index in [-0.39, 0.29) is 5.54 Å². The van der Waals surface area contributed by atoms with E-state index in [1.54, 1.807) is 0 Å². The number of nitrogens with zero attached hydrogens (tertiary/aromatic N) is 1. The number of ether oxygens (including phenoxy) is 3. The molecule has 0 aliphatic carbocycles. The molecule has 0 radical (unpaired) electrons. The van der Waals surface area contributed by atoms with Crippen LogP contribution < -0.4 is 5.73 Å². The molecule has 0 bridgehead atoms. The van der Waals surface area contributed by atoms with Crippen LogP contribution in [-0.2, 0) is 14.2 Å². The van der Waals surface area contributed by atoms with Crippen LogP contribution >= 0.6 is 0 Å². The Labute approximate surface area is 124 Å². The zero-order valence-electron chi connectivity index (χ0n) is 13.8. The van der Waals surface area contributed by atoms with Crippen LogP contribution in [0.2, 0.25) is 0 Å². The third-order valence-corrected chi connectivity index (χ3v) is 3.49. The second-order valence-corrected chi connectivity index (χ2v) is 5.63. The van der Waals surface area contributed by atoms with Gasteiger partial charge in [-0.25, -0.2) is 0 Å². The van der Waals surface area contributed by atoms with E-state index in [1.165, 1.54) is 6.42 Å². The van der Waals surface area contributed by atoms with E-state index in [4.69, 9.17) is 19.9 Å². The number of hydrogen-bond acceptors (Lipinski definition) is 5. The first-order valence-electron chi connectivity index (χ1n) is 7.69. The summed E-state index contributed by atoms with van der Waals surface area (Å²) in [5.41, 5.74) is 5.75. The van der Waals surface area contributed by atoms with Gasteiger partial charge in [-0.05, 0) is 27.3 Å². The summed E-state index contributed by atoms with van der Waals surface area (Å²) in [5, 5.41) is 0. The molecule has 0 amide bonds. The minimum absolute atomic E-state index is 0.0235. The summed E-state index contributed by atoms with van der Waals surface area (Å²) >= 11 is 0. The van der Waals surface area contributed by atoms with Crippen molar-refractivity contribution < 1.29 is 14.2 Å². The van der Waals surface area contributed by atoms with E-state index < -0.39 is 0 Å². The second kappa shape index (κ2) is 12.5. The first-order valence-corrected chi connectivity index (χ1v) is 7.69. The number of likely N-dealkylation sites (N-methyl/N-ethyl adjacent to an activating group) is 1. The van der Waals surface area contributed by atoms with Crippen LogP contribution in [0.3, 0.4) is 0 Å². The Morgan fingerprint density at radius 1 is 0.900 bits per heavy atom. The zero-order chi connectivity index (χ0) is 15.3. The molecule has 0 aromatic carbocycles. The lowest BCUT2D eigenvalue weighted by molar-refractivity contribution is 0.00681. The van der Waals surface area contributed by atoms with Gasteiger partial charge in [0.25, 0.3) is 0 Å². The smallest absolute Gasteiger partial charge is 0.0701 e. The Hall–Kier alpha value is -0.200. The molecular formula is C15H34N2O3. The number of unbranched alkanes of at least 4 members (excludes halogenated alkanes) is 1. The Bertz CT molecular complexity index is 213. The molecule has 0 aromatic rings. The van der Waals surface area contributed by atoms with Crippen molar-refractivity contribution in [2.24, 2.45) is 5.73 Å². The molecule has 0 saturated carbocycles. The van der Waals surface area contributed by atoms with Gasteiger partial charge in [0.2, 0.25) is 0 Å². The van der Waals surface area contributed by atoms with Crippen molar-refractivity contribution in [3.8, 4) is 0 Å². The fourth-order valence-electron chi connectivity index (χ4n) is 1.45. The van der Waals surface area contributed by atoms with Crippen molar-refractivity contribution in [2.75, 3.05) is 59.8 Å². The molecule has 0 rings (SSSR count). The third kappa shape index (κ3) is 10.6. The molecule has 0 aliphatic heterocycles. The highest BCUT2D eigenvalue weighted by Gasteiger charge is 2.20. The van der Waals surface area contributed by atoms with Crippen molar-refractivity contribution in [1.29, 1.82) is 0 Å². The maximum absolute atomic E-state index is 5.72. The number of nitrogens with two attached hydrogens (primary N) is 1. The van der Waals surface area contributed by atoms with E-state index in [0.29, 0.717) is 39.6 Å². The van der Waals surface area contributed by atoms with Crippen LogP contribution in [0.25, 0.3) is 0 Å². The quantitative estimate of drug-likeness (QED) is 0.491. The van der Waals surface area contributed by atoms with Gasteiger partial charge in [0.1, 0.15) is 0 Å². The highest BCUT2D eigenvalue weighted by molar-refractivity contribution is 4.79. The topological polar surface area (TPSA) is 57.0 Å². The molecule has 0 aliphatic rings. The average molecular weight is 290 g/mol. The molecule has 0 fully saturated rings. The summed E-state index contributed by atoms with van der Waals surface area (Å²) < 4.78 is 16.4. The summed E-state index contributed by atoms with van der Waals surface area (Å²) in [6.07, 6.45) is 2.29. The maximum atomic E-state index is 5.72. The van der Waals surface area contributed by atoms with Crippen molar-refractivity contribution in [2.45, 2.75) is 39.2 Å². The summed E-state index contributed by atoms with van der Waals surface area (Å²) in [7, 11) is 2.07. The van der Waals surface area contributed by atoms with Crippen LogP contribution in [0.5, 0.6) is 0 Å². The molecule has 2 N–H and O–H groups in total. The second-order valence-electron chi connectivity index (χ2n) is 5.63. The highest BCUT2D eigenvalue weighted by atomic mass is 16.5. The van der Waals surface area contributed by atoms with Crippen LogP contribution in [0.4, 0.5) is 0 Å². The molecule has 0 unspecified atom stereocenters. The Morgan fingerprint density at radius 3 is 1.90 bits per heavy atom. The molecule has 0 aromatic heterocycles. The third-order valence-electron chi connectivity index (χ3n) is 3.49. The molecular weight excluding hydrogens is 256 g/mol.